The third-order valence-corrected chi connectivity index (χ3v) is 6.01. The smallest absolute Gasteiger partial charge is 0.251 e. The molecule has 0 radical (unpaired) electrons. The average Bonchev–Trinajstić information content (AvgIpc) is 3.18. The molecule has 7 nitrogen and oxygen atoms in total. The fourth-order valence-electron chi connectivity index (χ4n) is 4.44. The summed E-state index contributed by atoms with van der Waals surface area (Å²) in [5.74, 6) is 0.539. The summed E-state index contributed by atoms with van der Waals surface area (Å²) in [5, 5.41) is 25.8. The molecule has 2 aliphatic carbocycles. The number of nitrogens with zero attached hydrogens (tertiary/aromatic N) is 1. The van der Waals surface area contributed by atoms with E-state index in [0.29, 0.717) is 28.8 Å². The van der Waals surface area contributed by atoms with E-state index in [4.69, 9.17) is 4.74 Å². The van der Waals surface area contributed by atoms with Crippen molar-refractivity contribution in [2.75, 3.05) is 14.2 Å². The van der Waals surface area contributed by atoms with E-state index in [1.807, 2.05) is 30.3 Å². The van der Waals surface area contributed by atoms with Crippen molar-refractivity contribution in [3.63, 3.8) is 0 Å². The minimum atomic E-state index is -0.995. The van der Waals surface area contributed by atoms with Gasteiger partial charge in [0.25, 0.3) is 5.91 Å². The van der Waals surface area contributed by atoms with Crippen molar-refractivity contribution in [1.29, 1.82) is 0 Å². The molecule has 2 saturated carbocycles. The Morgan fingerprint density at radius 3 is 2.45 bits per heavy atom. The van der Waals surface area contributed by atoms with E-state index < -0.39 is 12.3 Å². The lowest BCUT2D eigenvalue weighted by Gasteiger charge is -2.19. The largest absolute Gasteiger partial charge is 0.393 e. The van der Waals surface area contributed by atoms with Gasteiger partial charge < -0.3 is 20.3 Å². The second-order valence-electron chi connectivity index (χ2n) is 7.88. The molecule has 6 atom stereocenters. The van der Waals surface area contributed by atoms with Crippen LogP contribution in [0.1, 0.15) is 52.5 Å². The van der Waals surface area contributed by atoms with E-state index in [0.717, 1.165) is 18.4 Å². The van der Waals surface area contributed by atoms with Gasteiger partial charge in [-0.15, -0.1) is 0 Å². The number of fused-ring (bicyclic) bond motifs is 1. The molecule has 0 aliphatic heterocycles. The van der Waals surface area contributed by atoms with Gasteiger partial charge in [0.1, 0.15) is 12.3 Å². The van der Waals surface area contributed by atoms with E-state index in [1.54, 1.807) is 26.3 Å². The van der Waals surface area contributed by atoms with Gasteiger partial charge in [0.2, 0.25) is 0 Å². The molecule has 29 heavy (non-hydrogen) atoms. The maximum Gasteiger partial charge on any atom is 0.251 e. The highest BCUT2D eigenvalue weighted by Gasteiger charge is 2.56. The third-order valence-electron chi connectivity index (χ3n) is 6.01. The van der Waals surface area contributed by atoms with Gasteiger partial charge >= 0.3 is 0 Å². The molecule has 1 aromatic heterocycles. The maximum absolute atomic E-state index is 12.9. The van der Waals surface area contributed by atoms with E-state index in [9.17, 15) is 15.0 Å². The van der Waals surface area contributed by atoms with Crippen molar-refractivity contribution in [3.05, 3.63) is 65.0 Å². The zero-order valence-electron chi connectivity index (χ0n) is 16.6. The number of benzene rings is 1. The highest BCUT2D eigenvalue weighted by Crippen LogP contribution is 2.52. The number of aliphatic hydroxyl groups is 2. The lowest BCUT2D eigenvalue weighted by Crippen LogP contribution is -2.30. The quantitative estimate of drug-likeness (QED) is 0.529. The molecule has 2 aliphatic rings. The molecule has 3 unspecified atom stereocenters. The first-order valence-electron chi connectivity index (χ1n) is 9.95. The normalized spacial score (nSPS) is 27.2. The topological polar surface area (TPSA) is 104 Å². The zero-order valence-corrected chi connectivity index (χ0v) is 16.6. The predicted molar refractivity (Wildman–Crippen MR) is 107 cm³/mol. The maximum atomic E-state index is 12.9. The van der Waals surface area contributed by atoms with Gasteiger partial charge in [-0.25, -0.2) is 0 Å². The predicted octanol–water partition coefficient (Wildman–Crippen LogP) is 1.53. The lowest BCUT2D eigenvalue weighted by atomic mass is 10.0. The van der Waals surface area contributed by atoms with Crippen molar-refractivity contribution in [3.8, 4) is 0 Å². The number of hydrogen-bond acceptors (Lipinski definition) is 6. The molecule has 2 fully saturated rings. The number of carbonyl (C=O) groups excluding carboxylic acids is 1. The van der Waals surface area contributed by atoms with Gasteiger partial charge in [0.05, 0.1) is 17.5 Å². The standard InChI is InChI=1S/C22H27N3O4/c1-23-22(28)18-9-13(21(27)25-19-15-10-14(26)11-16(15)19)8-17(24-18)20(29-2)12-6-4-3-5-7-12/h3-9,14-16,19-20,22-23,26,28H,10-11H2,1-2H3,(H,25,27)/t14?,15-,16+,19?,20-,22?/m0/s1. The van der Waals surface area contributed by atoms with Crippen LogP contribution < -0.4 is 10.6 Å². The van der Waals surface area contributed by atoms with Crippen molar-refractivity contribution < 1.29 is 19.7 Å². The van der Waals surface area contributed by atoms with Crippen molar-refractivity contribution in [2.24, 2.45) is 11.8 Å². The van der Waals surface area contributed by atoms with E-state index in [1.165, 1.54) is 0 Å². The van der Waals surface area contributed by atoms with Crippen LogP contribution >= 0.6 is 0 Å². The molecule has 4 rings (SSSR count). The summed E-state index contributed by atoms with van der Waals surface area (Å²) < 4.78 is 5.67. The summed E-state index contributed by atoms with van der Waals surface area (Å²) in [6.45, 7) is 0. The summed E-state index contributed by atoms with van der Waals surface area (Å²) in [5.41, 5.74) is 2.26. The molecular weight excluding hydrogens is 370 g/mol. The van der Waals surface area contributed by atoms with Crippen molar-refractivity contribution in [1.82, 2.24) is 15.6 Å². The first-order valence-corrected chi connectivity index (χ1v) is 9.95. The van der Waals surface area contributed by atoms with Crippen LogP contribution in [0.15, 0.2) is 42.5 Å². The molecule has 0 spiro atoms. The van der Waals surface area contributed by atoms with Gasteiger partial charge in [-0.2, -0.15) is 0 Å². The van der Waals surface area contributed by atoms with Gasteiger partial charge in [-0.3, -0.25) is 15.1 Å². The molecule has 154 valence electrons. The Labute approximate surface area is 170 Å². The van der Waals surface area contributed by atoms with Crippen LogP contribution in [0.3, 0.4) is 0 Å². The molecule has 1 aromatic carbocycles. The molecule has 1 amide bonds. The number of ether oxygens (including phenoxy) is 1. The first kappa shape index (κ1) is 20.0. The second kappa shape index (κ2) is 8.20. The molecular formula is C22H27N3O4. The molecule has 2 aromatic rings. The van der Waals surface area contributed by atoms with Crippen molar-refractivity contribution in [2.45, 2.75) is 37.3 Å². The fraction of sp³-hybridized carbons (Fsp3) is 0.455. The van der Waals surface area contributed by atoms with E-state index in [2.05, 4.69) is 15.6 Å². The van der Waals surface area contributed by atoms with Crippen LogP contribution in [-0.2, 0) is 4.74 Å². The SMILES string of the molecule is CNC(O)c1cc(C(=O)NC2[C@H]3CC(O)C[C@@H]23)cc([C@@H](OC)c2ccccc2)n1. The van der Waals surface area contributed by atoms with Crippen molar-refractivity contribution >= 4 is 5.91 Å². The fourth-order valence-corrected chi connectivity index (χ4v) is 4.44. The number of carbonyl (C=O) groups is 1. The number of methoxy groups -OCH3 is 1. The average molecular weight is 397 g/mol. The Balaban J connectivity index is 1.61. The Kier molecular flexibility index (Phi) is 5.65. The van der Waals surface area contributed by atoms with Gasteiger partial charge in [-0.1, -0.05) is 30.3 Å². The summed E-state index contributed by atoms with van der Waals surface area (Å²) in [7, 11) is 3.22. The Morgan fingerprint density at radius 1 is 1.17 bits per heavy atom. The third kappa shape index (κ3) is 4.04. The summed E-state index contributed by atoms with van der Waals surface area (Å²) in [6, 6.07) is 13.1. The lowest BCUT2D eigenvalue weighted by molar-refractivity contribution is 0.0934. The van der Waals surface area contributed by atoms with Gasteiger partial charge in [0, 0.05) is 18.7 Å². The monoisotopic (exact) mass is 397 g/mol. The zero-order chi connectivity index (χ0) is 20.5. The molecule has 4 N–H and O–H groups in total. The van der Waals surface area contributed by atoms with Gasteiger partial charge in [-0.05, 0) is 49.4 Å². The van der Waals surface area contributed by atoms with Crippen LogP contribution in [0.25, 0.3) is 0 Å². The number of rotatable bonds is 7. The molecule has 0 bridgehead atoms. The minimum absolute atomic E-state index is 0.118. The number of amides is 1. The van der Waals surface area contributed by atoms with E-state index >= 15 is 0 Å². The summed E-state index contributed by atoms with van der Waals surface area (Å²) in [4.78, 5) is 17.5. The second-order valence-corrected chi connectivity index (χ2v) is 7.88. The highest BCUT2D eigenvalue weighted by molar-refractivity contribution is 5.95. The van der Waals surface area contributed by atoms with Crippen LogP contribution in [0, 0.1) is 11.8 Å². The minimum Gasteiger partial charge on any atom is -0.393 e. The van der Waals surface area contributed by atoms with Crippen LogP contribution in [-0.4, -0.2) is 47.4 Å². The number of aliphatic hydroxyl groups excluding tert-OH is 2. The summed E-state index contributed by atoms with van der Waals surface area (Å²) >= 11 is 0. The first-order chi connectivity index (χ1) is 14.0. The number of pyridine rings is 1. The van der Waals surface area contributed by atoms with Crippen LogP contribution in [0.4, 0.5) is 0 Å². The van der Waals surface area contributed by atoms with Crippen LogP contribution in [0.5, 0.6) is 0 Å². The highest BCUT2D eigenvalue weighted by atomic mass is 16.5. The van der Waals surface area contributed by atoms with Gasteiger partial charge in [0.15, 0.2) is 0 Å². The molecule has 1 heterocycles. The van der Waals surface area contributed by atoms with E-state index in [-0.39, 0.29) is 18.1 Å². The Hall–Kier alpha value is -2.32. The molecule has 7 heteroatoms. The number of hydrogen-bond donors (Lipinski definition) is 4. The Morgan fingerprint density at radius 2 is 1.83 bits per heavy atom. The number of nitrogens with one attached hydrogen (secondary N) is 2. The van der Waals surface area contributed by atoms with Crippen LogP contribution in [0.2, 0.25) is 0 Å². The number of aromatic nitrogens is 1. The summed E-state index contributed by atoms with van der Waals surface area (Å²) in [6.07, 6.45) is -0.190. The Bertz CT molecular complexity index is 864. The molecule has 0 saturated heterocycles.